The maximum atomic E-state index is 12.7. The molecular formula is C11H14FNO. The number of hydrogen-bond acceptors (Lipinski definition) is 2. The standard InChI is InChI=1S/C11H14FNO/c1-8(13)11(6-14-7-11)9-2-4-10(12)5-3-9/h2-5,8H,6-7,13H2,1H3. The van der Waals surface area contributed by atoms with E-state index in [1.54, 1.807) is 12.1 Å². The van der Waals surface area contributed by atoms with Crippen LogP contribution in [0.5, 0.6) is 0 Å². The fourth-order valence-electron chi connectivity index (χ4n) is 1.80. The molecule has 0 aliphatic carbocycles. The Hall–Kier alpha value is -0.930. The van der Waals surface area contributed by atoms with E-state index >= 15 is 0 Å². The van der Waals surface area contributed by atoms with Crippen LogP contribution in [0.3, 0.4) is 0 Å². The fourth-order valence-corrected chi connectivity index (χ4v) is 1.80. The van der Waals surface area contributed by atoms with Gasteiger partial charge in [0, 0.05) is 6.04 Å². The first kappa shape index (κ1) is 9.62. The zero-order chi connectivity index (χ0) is 10.2. The van der Waals surface area contributed by atoms with E-state index in [9.17, 15) is 4.39 Å². The lowest BCUT2D eigenvalue weighted by atomic mass is 9.73. The molecule has 2 N–H and O–H groups in total. The molecular weight excluding hydrogens is 181 g/mol. The van der Waals surface area contributed by atoms with Crippen LogP contribution in [0.15, 0.2) is 24.3 Å². The summed E-state index contributed by atoms with van der Waals surface area (Å²) in [6.07, 6.45) is 0. The molecule has 1 atom stereocenters. The highest BCUT2D eigenvalue weighted by molar-refractivity contribution is 5.30. The number of nitrogens with two attached hydrogens (primary N) is 1. The van der Waals surface area contributed by atoms with E-state index in [0.29, 0.717) is 13.2 Å². The van der Waals surface area contributed by atoms with Gasteiger partial charge in [0.05, 0.1) is 18.6 Å². The largest absolute Gasteiger partial charge is 0.379 e. The van der Waals surface area contributed by atoms with Crippen molar-refractivity contribution >= 4 is 0 Å². The van der Waals surface area contributed by atoms with Gasteiger partial charge in [0.2, 0.25) is 0 Å². The van der Waals surface area contributed by atoms with Crippen LogP contribution < -0.4 is 5.73 Å². The minimum absolute atomic E-state index is 0.0294. The molecule has 0 spiro atoms. The molecule has 1 aromatic carbocycles. The van der Waals surface area contributed by atoms with Gasteiger partial charge in [-0.05, 0) is 24.6 Å². The molecule has 1 aromatic rings. The van der Waals surface area contributed by atoms with E-state index in [1.165, 1.54) is 12.1 Å². The molecule has 1 aliphatic heterocycles. The Balaban J connectivity index is 2.32. The van der Waals surface area contributed by atoms with Crippen LogP contribution in [0, 0.1) is 5.82 Å². The third kappa shape index (κ3) is 1.33. The average Bonchev–Trinajstić information content (AvgIpc) is 2.05. The first-order valence-electron chi connectivity index (χ1n) is 4.74. The highest BCUT2D eigenvalue weighted by Gasteiger charge is 2.43. The molecule has 2 nitrogen and oxygen atoms in total. The van der Waals surface area contributed by atoms with Gasteiger partial charge < -0.3 is 10.5 Å². The van der Waals surface area contributed by atoms with Gasteiger partial charge in [0.1, 0.15) is 5.82 Å². The lowest BCUT2D eigenvalue weighted by Gasteiger charge is -2.45. The summed E-state index contributed by atoms with van der Waals surface area (Å²) in [6.45, 7) is 3.23. The monoisotopic (exact) mass is 195 g/mol. The van der Waals surface area contributed by atoms with Crippen LogP contribution in [0.25, 0.3) is 0 Å². The molecule has 3 heteroatoms. The number of halogens is 1. The van der Waals surface area contributed by atoms with E-state index in [2.05, 4.69) is 0 Å². The third-order valence-electron chi connectivity index (χ3n) is 3.01. The van der Waals surface area contributed by atoms with E-state index in [0.717, 1.165) is 5.56 Å². The molecule has 1 unspecified atom stereocenters. The first-order chi connectivity index (χ1) is 6.65. The molecule has 0 saturated carbocycles. The second kappa shape index (κ2) is 3.33. The topological polar surface area (TPSA) is 35.2 Å². The summed E-state index contributed by atoms with van der Waals surface area (Å²) in [5.74, 6) is -0.214. The molecule has 0 amide bonds. The smallest absolute Gasteiger partial charge is 0.123 e. The number of ether oxygens (including phenoxy) is 1. The summed E-state index contributed by atoms with van der Waals surface area (Å²) in [5, 5.41) is 0. The van der Waals surface area contributed by atoms with Gasteiger partial charge in [-0.2, -0.15) is 0 Å². The Morgan fingerprint density at radius 3 is 2.29 bits per heavy atom. The van der Waals surface area contributed by atoms with E-state index in [1.807, 2.05) is 6.92 Å². The quantitative estimate of drug-likeness (QED) is 0.775. The molecule has 76 valence electrons. The zero-order valence-electron chi connectivity index (χ0n) is 8.16. The Labute approximate surface area is 82.9 Å². The highest BCUT2D eigenvalue weighted by Crippen LogP contribution is 2.34. The zero-order valence-corrected chi connectivity index (χ0v) is 8.16. The van der Waals surface area contributed by atoms with Gasteiger partial charge in [-0.25, -0.2) is 4.39 Å². The maximum Gasteiger partial charge on any atom is 0.123 e. The summed E-state index contributed by atoms with van der Waals surface area (Å²) >= 11 is 0. The van der Waals surface area contributed by atoms with E-state index in [-0.39, 0.29) is 17.3 Å². The normalized spacial score (nSPS) is 21.4. The summed E-state index contributed by atoms with van der Waals surface area (Å²) in [4.78, 5) is 0. The number of rotatable bonds is 2. The van der Waals surface area contributed by atoms with Gasteiger partial charge in [-0.15, -0.1) is 0 Å². The van der Waals surface area contributed by atoms with Gasteiger partial charge >= 0.3 is 0 Å². The van der Waals surface area contributed by atoms with Crippen molar-refractivity contribution in [1.82, 2.24) is 0 Å². The summed E-state index contributed by atoms with van der Waals surface area (Å²) in [7, 11) is 0. The SMILES string of the molecule is CC(N)C1(c2ccc(F)cc2)COC1. The molecule has 1 fully saturated rings. The Bertz CT molecular complexity index is 317. The Morgan fingerprint density at radius 2 is 1.93 bits per heavy atom. The first-order valence-corrected chi connectivity index (χ1v) is 4.74. The van der Waals surface area contributed by atoms with Crippen molar-refractivity contribution in [3.63, 3.8) is 0 Å². The minimum atomic E-state index is -0.214. The van der Waals surface area contributed by atoms with Gasteiger partial charge in [-0.1, -0.05) is 12.1 Å². The van der Waals surface area contributed by atoms with Crippen LogP contribution in [0.4, 0.5) is 4.39 Å². The second-order valence-corrected chi connectivity index (χ2v) is 3.94. The predicted molar refractivity (Wildman–Crippen MR) is 52.5 cm³/mol. The van der Waals surface area contributed by atoms with Crippen LogP contribution in [-0.2, 0) is 10.2 Å². The van der Waals surface area contributed by atoms with Crippen molar-refractivity contribution < 1.29 is 9.13 Å². The average molecular weight is 195 g/mol. The third-order valence-corrected chi connectivity index (χ3v) is 3.01. The van der Waals surface area contributed by atoms with E-state index in [4.69, 9.17) is 10.5 Å². The van der Waals surface area contributed by atoms with Gasteiger partial charge in [-0.3, -0.25) is 0 Å². The highest BCUT2D eigenvalue weighted by atomic mass is 19.1. The van der Waals surface area contributed by atoms with Crippen LogP contribution >= 0.6 is 0 Å². The van der Waals surface area contributed by atoms with Crippen molar-refractivity contribution in [2.75, 3.05) is 13.2 Å². The maximum absolute atomic E-state index is 12.7. The molecule has 14 heavy (non-hydrogen) atoms. The summed E-state index contributed by atoms with van der Waals surface area (Å²) < 4.78 is 17.9. The lowest BCUT2D eigenvalue weighted by molar-refractivity contribution is -0.0701. The number of benzene rings is 1. The van der Waals surface area contributed by atoms with Gasteiger partial charge in [0.15, 0.2) is 0 Å². The summed E-state index contributed by atoms with van der Waals surface area (Å²) in [5.41, 5.74) is 6.90. The molecule has 0 aromatic heterocycles. The minimum Gasteiger partial charge on any atom is -0.379 e. The molecule has 1 heterocycles. The number of hydrogen-bond donors (Lipinski definition) is 1. The Kier molecular flexibility index (Phi) is 2.29. The van der Waals surface area contributed by atoms with Crippen LogP contribution in [0.2, 0.25) is 0 Å². The fraction of sp³-hybridized carbons (Fsp3) is 0.455. The van der Waals surface area contributed by atoms with Crippen molar-refractivity contribution in [3.05, 3.63) is 35.6 Å². The second-order valence-electron chi connectivity index (χ2n) is 3.94. The van der Waals surface area contributed by atoms with E-state index < -0.39 is 0 Å². The van der Waals surface area contributed by atoms with Crippen LogP contribution in [0.1, 0.15) is 12.5 Å². The molecule has 2 rings (SSSR count). The van der Waals surface area contributed by atoms with Crippen molar-refractivity contribution in [1.29, 1.82) is 0 Å². The predicted octanol–water partition coefficient (Wildman–Crippen LogP) is 1.44. The molecule has 0 radical (unpaired) electrons. The van der Waals surface area contributed by atoms with Crippen molar-refractivity contribution in [3.8, 4) is 0 Å². The lowest BCUT2D eigenvalue weighted by Crippen LogP contribution is -2.57. The van der Waals surface area contributed by atoms with Gasteiger partial charge in [0.25, 0.3) is 0 Å². The molecule has 1 aliphatic rings. The summed E-state index contributed by atoms with van der Waals surface area (Å²) in [6, 6.07) is 6.56. The Morgan fingerprint density at radius 1 is 1.36 bits per heavy atom. The molecule has 0 bridgehead atoms. The molecule has 1 saturated heterocycles. The van der Waals surface area contributed by atoms with Crippen molar-refractivity contribution in [2.45, 2.75) is 18.4 Å². The van der Waals surface area contributed by atoms with Crippen LogP contribution in [-0.4, -0.2) is 19.3 Å². The van der Waals surface area contributed by atoms with Crippen molar-refractivity contribution in [2.24, 2.45) is 5.73 Å².